The van der Waals surface area contributed by atoms with Crippen LogP contribution < -0.4 is 10.0 Å². The van der Waals surface area contributed by atoms with Gasteiger partial charge in [0.05, 0.1) is 4.90 Å². The number of anilines is 1. The largest absolute Gasteiger partial charge is 0.384 e. The third-order valence-corrected chi connectivity index (χ3v) is 4.12. The molecule has 1 aromatic rings. The zero-order valence-electron chi connectivity index (χ0n) is 12.0. The van der Waals surface area contributed by atoms with Crippen LogP contribution in [0.4, 0.5) is 5.69 Å². The molecule has 6 heteroatoms. The Kier molecular flexibility index (Phi) is 5.78. The summed E-state index contributed by atoms with van der Waals surface area (Å²) in [5.41, 5.74) is 0.922. The smallest absolute Gasteiger partial charge is 0.240 e. The van der Waals surface area contributed by atoms with Gasteiger partial charge in [0.1, 0.15) is 0 Å². The summed E-state index contributed by atoms with van der Waals surface area (Å²) < 4.78 is 26.4. The maximum Gasteiger partial charge on any atom is 0.240 e. The predicted octanol–water partition coefficient (Wildman–Crippen LogP) is 1.35. The van der Waals surface area contributed by atoms with Crippen molar-refractivity contribution in [3.8, 4) is 0 Å². The van der Waals surface area contributed by atoms with Gasteiger partial charge in [-0.1, -0.05) is 0 Å². The molecule has 0 radical (unpaired) electrons. The molecule has 0 aliphatic carbocycles. The topological polar surface area (TPSA) is 61.4 Å². The van der Waals surface area contributed by atoms with Crippen LogP contribution in [0.5, 0.6) is 0 Å². The molecule has 0 bridgehead atoms. The molecule has 0 unspecified atom stereocenters. The molecular weight excluding hydrogens is 262 g/mol. The first-order valence-electron chi connectivity index (χ1n) is 6.32. The second kappa shape index (κ2) is 6.88. The van der Waals surface area contributed by atoms with Crippen molar-refractivity contribution in [2.24, 2.45) is 0 Å². The second-order valence-corrected chi connectivity index (χ2v) is 6.74. The summed E-state index contributed by atoms with van der Waals surface area (Å²) in [4.78, 5) is 2.37. The van der Waals surface area contributed by atoms with Crippen LogP contribution in [-0.2, 0) is 10.0 Å². The van der Waals surface area contributed by atoms with Crippen LogP contribution >= 0.6 is 0 Å². The molecule has 0 saturated carbocycles. The van der Waals surface area contributed by atoms with Crippen LogP contribution in [0.1, 0.15) is 13.8 Å². The van der Waals surface area contributed by atoms with Gasteiger partial charge in [0, 0.05) is 24.8 Å². The molecule has 0 aliphatic heterocycles. The number of nitrogens with one attached hydrogen (secondary N) is 2. The van der Waals surface area contributed by atoms with E-state index in [0.717, 1.165) is 18.8 Å². The lowest BCUT2D eigenvalue weighted by Gasteiger charge is -2.12. The molecule has 2 N–H and O–H groups in total. The highest BCUT2D eigenvalue weighted by atomic mass is 32.2. The SMILES string of the molecule is CC(C)NS(=O)(=O)c1ccc(NCCN(C)C)cc1. The summed E-state index contributed by atoms with van der Waals surface area (Å²) in [6, 6.07) is 6.68. The van der Waals surface area contributed by atoms with E-state index in [-0.39, 0.29) is 6.04 Å². The van der Waals surface area contributed by atoms with Gasteiger partial charge in [0.2, 0.25) is 10.0 Å². The number of nitrogens with zero attached hydrogens (tertiary/aromatic N) is 1. The predicted molar refractivity (Wildman–Crippen MR) is 78.9 cm³/mol. The Balaban J connectivity index is 2.66. The monoisotopic (exact) mass is 285 g/mol. The van der Waals surface area contributed by atoms with Crippen molar-refractivity contribution in [3.05, 3.63) is 24.3 Å². The van der Waals surface area contributed by atoms with Crippen molar-refractivity contribution in [1.82, 2.24) is 9.62 Å². The molecule has 19 heavy (non-hydrogen) atoms. The molecule has 108 valence electrons. The van der Waals surface area contributed by atoms with Gasteiger partial charge in [-0.2, -0.15) is 0 Å². The van der Waals surface area contributed by atoms with Crippen LogP contribution in [-0.4, -0.2) is 46.5 Å². The minimum absolute atomic E-state index is 0.108. The van der Waals surface area contributed by atoms with Gasteiger partial charge in [-0.05, 0) is 52.2 Å². The zero-order chi connectivity index (χ0) is 14.5. The van der Waals surface area contributed by atoms with Gasteiger partial charge in [0.25, 0.3) is 0 Å². The van der Waals surface area contributed by atoms with Gasteiger partial charge < -0.3 is 10.2 Å². The average molecular weight is 285 g/mol. The second-order valence-electron chi connectivity index (χ2n) is 5.03. The minimum atomic E-state index is -3.40. The molecule has 0 saturated heterocycles. The highest BCUT2D eigenvalue weighted by molar-refractivity contribution is 7.89. The number of sulfonamides is 1. The van der Waals surface area contributed by atoms with Crippen molar-refractivity contribution >= 4 is 15.7 Å². The van der Waals surface area contributed by atoms with Gasteiger partial charge in [-0.15, -0.1) is 0 Å². The van der Waals surface area contributed by atoms with E-state index in [9.17, 15) is 8.42 Å². The highest BCUT2D eigenvalue weighted by Crippen LogP contribution is 2.14. The Morgan fingerprint density at radius 3 is 2.21 bits per heavy atom. The molecule has 0 aromatic heterocycles. The van der Waals surface area contributed by atoms with Crippen LogP contribution in [0.2, 0.25) is 0 Å². The van der Waals surface area contributed by atoms with E-state index in [1.54, 1.807) is 38.1 Å². The first kappa shape index (κ1) is 15.9. The van der Waals surface area contributed by atoms with Crippen LogP contribution in [0.25, 0.3) is 0 Å². The van der Waals surface area contributed by atoms with Crippen LogP contribution in [0.15, 0.2) is 29.2 Å². The van der Waals surface area contributed by atoms with Gasteiger partial charge in [-0.3, -0.25) is 0 Å². The minimum Gasteiger partial charge on any atom is -0.384 e. The van der Waals surface area contributed by atoms with E-state index in [1.807, 2.05) is 14.1 Å². The molecule has 0 fully saturated rings. The molecular formula is C13H23N3O2S. The van der Waals surface area contributed by atoms with Crippen LogP contribution in [0, 0.1) is 0 Å². The average Bonchev–Trinajstić information content (AvgIpc) is 2.27. The van der Waals surface area contributed by atoms with E-state index >= 15 is 0 Å². The fourth-order valence-electron chi connectivity index (χ4n) is 1.55. The Hall–Kier alpha value is -1.11. The maximum absolute atomic E-state index is 11.9. The molecule has 5 nitrogen and oxygen atoms in total. The van der Waals surface area contributed by atoms with Crippen molar-refractivity contribution in [3.63, 3.8) is 0 Å². The Morgan fingerprint density at radius 2 is 1.74 bits per heavy atom. The lowest BCUT2D eigenvalue weighted by atomic mass is 10.3. The lowest BCUT2D eigenvalue weighted by Crippen LogP contribution is -2.30. The van der Waals surface area contributed by atoms with Crippen LogP contribution in [0.3, 0.4) is 0 Å². The highest BCUT2D eigenvalue weighted by Gasteiger charge is 2.14. The van der Waals surface area contributed by atoms with Crippen molar-refractivity contribution < 1.29 is 8.42 Å². The molecule has 0 aliphatic rings. The van der Waals surface area contributed by atoms with Gasteiger partial charge >= 0.3 is 0 Å². The third-order valence-electron chi connectivity index (χ3n) is 2.44. The van der Waals surface area contributed by atoms with Gasteiger partial charge in [-0.25, -0.2) is 13.1 Å². The number of benzene rings is 1. The molecule has 0 heterocycles. The number of likely N-dealkylation sites (N-methyl/N-ethyl adjacent to an activating group) is 1. The number of hydrogen-bond acceptors (Lipinski definition) is 4. The maximum atomic E-state index is 11.9. The fourth-order valence-corrected chi connectivity index (χ4v) is 2.81. The van der Waals surface area contributed by atoms with E-state index in [2.05, 4.69) is 14.9 Å². The molecule has 0 spiro atoms. The molecule has 1 rings (SSSR count). The molecule has 0 amide bonds. The summed E-state index contributed by atoms with van der Waals surface area (Å²) in [7, 11) is 0.621. The van der Waals surface area contributed by atoms with Crippen molar-refractivity contribution in [2.75, 3.05) is 32.5 Å². The summed E-state index contributed by atoms with van der Waals surface area (Å²) in [6.07, 6.45) is 0. The van der Waals surface area contributed by atoms with E-state index in [4.69, 9.17) is 0 Å². The Labute approximate surface area is 116 Å². The fraction of sp³-hybridized carbons (Fsp3) is 0.538. The molecule has 1 aromatic carbocycles. The Morgan fingerprint density at radius 1 is 1.16 bits per heavy atom. The number of hydrogen-bond donors (Lipinski definition) is 2. The van der Waals surface area contributed by atoms with Crippen molar-refractivity contribution in [2.45, 2.75) is 24.8 Å². The number of rotatable bonds is 7. The quantitative estimate of drug-likeness (QED) is 0.794. The van der Waals surface area contributed by atoms with E-state index in [1.165, 1.54) is 0 Å². The summed E-state index contributed by atoms with van der Waals surface area (Å²) in [5.74, 6) is 0. The summed E-state index contributed by atoms with van der Waals surface area (Å²) in [6.45, 7) is 5.35. The van der Waals surface area contributed by atoms with Gasteiger partial charge in [0.15, 0.2) is 0 Å². The lowest BCUT2D eigenvalue weighted by molar-refractivity contribution is 0.425. The zero-order valence-corrected chi connectivity index (χ0v) is 12.8. The first-order chi connectivity index (χ1) is 8.81. The summed E-state index contributed by atoms with van der Waals surface area (Å²) >= 11 is 0. The first-order valence-corrected chi connectivity index (χ1v) is 7.80. The van der Waals surface area contributed by atoms with Crippen molar-refractivity contribution in [1.29, 1.82) is 0 Å². The third kappa shape index (κ3) is 5.59. The summed E-state index contributed by atoms with van der Waals surface area (Å²) in [5, 5.41) is 3.24. The Bertz CT molecular complexity index is 481. The van der Waals surface area contributed by atoms with E-state index in [0.29, 0.717) is 4.90 Å². The standard InChI is InChI=1S/C13H23N3O2S/c1-11(2)15-19(17,18)13-7-5-12(6-8-13)14-9-10-16(3)4/h5-8,11,14-15H,9-10H2,1-4H3. The normalized spacial score (nSPS) is 12.1. The van der Waals surface area contributed by atoms with E-state index < -0.39 is 10.0 Å². The molecule has 0 atom stereocenters.